The summed E-state index contributed by atoms with van der Waals surface area (Å²) in [7, 11) is 0.481. The first kappa shape index (κ1) is 8.28. The van der Waals surface area contributed by atoms with E-state index in [1.807, 2.05) is 0 Å². The van der Waals surface area contributed by atoms with Gasteiger partial charge in [-0.25, -0.2) is 4.68 Å². The summed E-state index contributed by atoms with van der Waals surface area (Å²) >= 11 is 0. The second-order valence-corrected chi connectivity index (χ2v) is 3.39. The van der Waals surface area contributed by atoms with Crippen LogP contribution in [0.15, 0.2) is 5.16 Å². The zero-order chi connectivity index (χ0) is 8.27. The number of hydrogen-bond donors (Lipinski definition) is 1. The van der Waals surface area contributed by atoms with Gasteiger partial charge in [-0.2, -0.15) is 0 Å². The van der Waals surface area contributed by atoms with Crippen molar-refractivity contribution in [3.05, 3.63) is 0 Å². The number of tetrazole rings is 1. The van der Waals surface area contributed by atoms with Crippen LogP contribution in [0.3, 0.4) is 0 Å². The highest BCUT2D eigenvalue weighted by atomic mass is 32.2. The van der Waals surface area contributed by atoms with Crippen molar-refractivity contribution in [1.29, 1.82) is 0 Å². The summed E-state index contributed by atoms with van der Waals surface area (Å²) in [5.41, 5.74) is 5.21. The Kier molecular flexibility index (Phi) is 2.66. The van der Waals surface area contributed by atoms with Gasteiger partial charge in [-0.3, -0.25) is 4.21 Å². The number of aromatic nitrogens is 4. The lowest BCUT2D eigenvalue weighted by Crippen LogP contribution is -2.13. The maximum atomic E-state index is 11.2. The average molecular weight is 175 g/mol. The number of aryl methyl sites for hydroxylation is 1. The summed E-state index contributed by atoms with van der Waals surface area (Å²) in [6, 6.07) is 0. The van der Waals surface area contributed by atoms with Crippen molar-refractivity contribution in [3.63, 3.8) is 0 Å². The van der Waals surface area contributed by atoms with Crippen LogP contribution >= 0.6 is 0 Å². The highest BCUT2D eigenvalue weighted by Gasteiger charge is 2.09. The van der Waals surface area contributed by atoms with E-state index in [4.69, 9.17) is 5.73 Å². The molecular formula is C4H9N5OS. The number of rotatable bonds is 3. The van der Waals surface area contributed by atoms with Crippen LogP contribution in [0.2, 0.25) is 0 Å². The first-order valence-corrected chi connectivity index (χ1v) is 4.38. The molecule has 0 aliphatic carbocycles. The third-order valence-electron chi connectivity index (χ3n) is 1.09. The molecule has 7 heteroatoms. The Bertz CT molecular complexity index is 259. The molecule has 0 aliphatic rings. The third kappa shape index (κ3) is 1.81. The van der Waals surface area contributed by atoms with Crippen molar-refractivity contribution in [1.82, 2.24) is 20.2 Å². The summed E-state index contributed by atoms with van der Waals surface area (Å²) in [5, 5.41) is 10.8. The van der Waals surface area contributed by atoms with Crippen LogP contribution in [0, 0.1) is 0 Å². The van der Waals surface area contributed by atoms with Crippen molar-refractivity contribution < 1.29 is 4.21 Å². The highest BCUT2D eigenvalue weighted by molar-refractivity contribution is 7.84. The fourth-order valence-electron chi connectivity index (χ4n) is 0.612. The fraction of sp³-hybridized carbons (Fsp3) is 0.750. The molecule has 0 aromatic carbocycles. The van der Waals surface area contributed by atoms with Gasteiger partial charge in [-0.1, -0.05) is 5.10 Å². The number of nitrogens with two attached hydrogens (primary N) is 1. The number of nitrogens with zero attached hydrogens (tertiary/aromatic N) is 4. The Balaban J connectivity index is 2.76. The van der Waals surface area contributed by atoms with Crippen molar-refractivity contribution in [3.8, 4) is 0 Å². The summed E-state index contributed by atoms with van der Waals surface area (Å²) in [6.07, 6.45) is 0. The molecule has 0 bridgehead atoms. The number of hydrogen-bond acceptors (Lipinski definition) is 5. The maximum absolute atomic E-state index is 11.2. The summed E-state index contributed by atoms with van der Waals surface area (Å²) in [4.78, 5) is 0. The molecule has 1 aromatic heterocycles. The molecule has 62 valence electrons. The minimum Gasteiger partial charge on any atom is -0.330 e. The van der Waals surface area contributed by atoms with Crippen LogP contribution in [0.5, 0.6) is 0 Å². The van der Waals surface area contributed by atoms with Gasteiger partial charge >= 0.3 is 0 Å². The van der Waals surface area contributed by atoms with Crippen LogP contribution in [0.25, 0.3) is 0 Å². The minimum atomic E-state index is -1.16. The minimum absolute atomic E-state index is 0.371. The predicted octanol–water partition coefficient (Wildman–Crippen LogP) is -1.72. The lowest BCUT2D eigenvalue weighted by Gasteiger charge is -1.95. The van der Waals surface area contributed by atoms with Crippen LogP contribution in [-0.4, -0.2) is 36.7 Å². The molecule has 1 rings (SSSR count). The molecule has 11 heavy (non-hydrogen) atoms. The van der Waals surface area contributed by atoms with Gasteiger partial charge in [-0.15, -0.1) is 0 Å². The van der Waals surface area contributed by atoms with Gasteiger partial charge in [0.05, 0.1) is 10.8 Å². The van der Waals surface area contributed by atoms with E-state index in [0.29, 0.717) is 17.5 Å². The summed E-state index contributed by atoms with van der Waals surface area (Å²) in [5.74, 6) is 0.397. The van der Waals surface area contributed by atoms with E-state index in [2.05, 4.69) is 15.5 Å². The molecule has 1 aromatic rings. The zero-order valence-corrected chi connectivity index (χ0v) is 6.91. The molecule has 1 atom stereocenters. The quantitative estimate of drug-likeness (QED) is 0.590. The van der Waals surface area contributed by atoms with Crippen molar-refractivity contribution in [2.75, 3.05) is 12.3 Å². The molecule has 6 nitrogen and oxygen atoms in total. The molecule has 0 fully saturated rings. The van der Waals surface area contributed by atoms with E-state index in [1.54, 1.807) is 7.05 Å². The van der Waals surface area contributed by atoms with Gasteiger partial charge in [0.25, 0.3) is 0 Å². The molecule has 0 radical (unpaired) electrons. The topological polar surface area (TPSA) is 86.7 Å². The smallest absolute Gasteiger partial charge is 0.239 e. The third-order valence-corrected chi connectivity index (χ3v) is 2.45. The zero-order valence-electron chi connectivity index (χ0n) is 6.10. The molecule has 1 unspecified atom stereocenters. The lowest BCUT2D eigenvalue weighted by molar-refractivity contribution is 0.635. The summed E-state index contributed by atoms with van der Waals surface area (Å²) in [6.45, 7) is 0.374. The van der Waals surface area contributed by atoms with Crippen LogP contribution in [0.4, 0.5) is 0 Å². The van der Waals surface area contributed by atoms with E-state index in [9.17, 15) is 4.21 Å². The summed E-state index contributed by atoms with van der Waals surface area (Å²) < 4.78 is 12.6. The van der Waals surface area contributed by atoms with Gasteiger partial charge in [0, 0.05) is 19.3 Å². The fourth-order valence-corrected chi connectivity index (χ4v) is 1.47. The largest absolute Gasteiger partial charge is 0.330 e. The van der Waals surface area contributed by atoms with Crippen LogP contribution in [0.1, 0.15) is 0 Å². The monoisotopic (exact) mass is 175 g/mol. The molecular weight excluding hydrogens is 166 g/mol. The van der Waals surface area contributed by atoms with E-state index in [0.717, 1.165) is 0 Å². The molecule has 0 spiro atoms. The van der Waals surface area contributed by atoms with Crippen molar-refractivity contribution in [2.24, 2.45) is 12.8 Å². The molecule has 0 saturated carbocycles. The molecule has 0 saturated heterocycles. The molecule has 0 aliphatic heterocycles. The lowest BCUT2D eigenvalue weighted by atomic mass is 10.8. The van der Waals surface area contributed by atoms with Gasteiger partial charge in [-0.05, 0) is 10.4 Å². The van der Waals surface area contributed by atoms with E-state index >= 15 is 0 Å². The Labute approximate surface area is 66.2 Å². The van der Waals surface area contributed by atoms with Crippen LogP contribution in [-0.2, 0) is 17.8 Å². The normalized spacial score (nSPS) is 13.3. The van der Waals surface area contributed by atoms with Crippen LogP contribution < -0.4 is 5.73 Å². The maximum Gasteiger partial charge on any atom is 0.239 e. The van der Waals surface area contributed by atoms with Gasteiger partial charge in [0.2, 0.25) is 5.16 Å². The van der Waals surface area contributed by atoms with Crippen molar-refractivity contribution >= 4 is 10.8 Å². The first-order valence-electron chi connectivity index (χ1n) is 3.06. The Morgan fingerprint density at radius 2 is 2.45 bits per heavy atom. The average Bonchev–Trinajstić information content (AvgIpc) is 2.36. The molecule has 1 heterocycles. The predicted molar refractivity (Wildman–Crippen MR) is 39.1 cm³/mol. The molecule has 0 amide bonds. The second-order valence-electron chi connectivity index (χ2n) is 1.92. The van der Waals surface area contributed by atoms with E-state index in [1.165, 1.54) is 4.68 Å². The molecule has 2 N–H and O–H groups in total. The first-order chi connectivity index (χ1) is 5.25. The van der Waals surface area contributed by atoms with Gasteiger partial charge in [0.15, 0.2) is 0 Å². The Hall–Kier alpha value is -0.820. The standard InChI is InChI=1S/C4H9N5OS/c1-9-4(6-7-8-9)11(10)3-2-5/h2-3,5H2,1H3. The van der Waals surface area contributed by atoms with E-state index in [-0.39, 0.29) is 0 Å². The Morgan fingerprint density at radius 1 is 1.73 bits per heavy atom. The SMILES string of the molecule is Cn1nnnc1S(=O)CCN. The Morgan fingerprint density at radius 3 is 2.91 bits per heavy atom. The van der Waals surface area contributed by atoms with Gasteiger partial charge in [0.1, 0.15) is 0 Å². The second kappa shape index (κ2) is 3.54. The highest BCUT2D eigenvalue weighted by Crippen LogP contribution is 1.96. The van der Waals surface area contributed by atoms with E-state index < -0.39 is 10.8 Å². The van der Waals surface area contributed by atoms with Crippen molar-refractivity contribution in [2.45, 2.75) is 5.16 Å². The van der Waals surface area contributed by atoms with Gasteiger partial charge < -0.3 is 5.73 Å².